The van der Waals surface area contributed by atoms with Crippen molar-refractivity contribution in [2.24, 2.45) is 10.8 Å². The number of hydrazone groups is 1. The number of thiocarbonyl (C=S) groups is 1. The van der Waals surface area contributed by atoms with Gasteiger partial charge in [0.25, 0.3) is 0 Å². The average molecular weight is 364 g/mol. The predicted molar refractivity (Wildman–Crippen MR) is 87.8 cm³/mol. The normalized spacial score (nSPS) is 9.14. The van der Waals surface area contributed by atoms with Crippen molar-refractivity contribution in [1.29, 1.82) is 0 Å². The van der Waals surface area contributed by atoms with E-state index < -0.39 is 0 Å². The van der Waals surface area contributed by atoms with Crippen molar-refractivity contribution in [2.75, 3.05) is 7.11 Å². The molecule has 5 N–H and O–H groups in total. The van der Waals surface area contributed by atoms with Crippen LogP contribution in [-0.2, 0) is 16.5 Å². The molecule has 2 aromatic rings. The fourth-order valence-corrected chi connectivity index (χ4v) is 1.36. The van der Waals surface area contributed by atoms with E-state index in [-0.39, 0.29) is 27.4 Å². The van der Waals surface area contributed by atoms with E-state index in [2.05, 4.69) is 27.7 Å². The molecule has 0 aliphatic rings. The van der Waals surface area contributed by atoms with Gasteiger partial charge in [-0.05, 0) is 36.5 Å². The summed E-state index contributed by atoms with van der Waals surface area (Å²) in [6.07, 6.45) is 4.96. The molecule has 0 radical (unpaired) electrons. The van der Waals surface area contributed by atoms with E-state index in [1.165, 1.54) is 13.3 Å². The smallest absolute Gasteiger partial charge is 0.590 e. The van der Waals surface area contributed by atoms with E-state index in [1.807, 2.05) is 18.2 Å². The fraction of sp³-hybridized carbons (Fsp3) is 0.0714. The van der Waals surface area contributed by atoms with Crippen molar-refractivity contribution in [3.63, 3.8) is 0 Å². The van der Waals surface area contributed by atoms with Crippen LogP contribution in [0.4, 0.5) is 0 Å². The van der Waals surface area contributed by atoms with Gasteiger partial charge in [-0.15, -0.1) is 0 Å². The van der Waals surface area contributed by atoms with Crippen LogP contribution in [0.3, 0.4) is 0 Å². The van der Waals surface area contributed by atoms with E-state index in [0.717, 1.165) is 0 Å². The Kier molecular flexibility index (Phi) is 10.3. The number of para-hydroxylation sites is 1. The minimum absolute atomic E-state index is 0. The standard InChI is InChI=1S/C9H11N3O2S.C5H5N.Ni/c1-14-7-4-2-3-6(8(7)13)5-11-12-9(10)15;1-2-4-6-5-3-1;/h2-5,13H,1H3,(H3,10,12,15);1-5H;/q;;+2/p+1. The summed E-state index contributed by atoms with van der Waals surface area (Å²) in [7, 11) is 1.52. The van der Waals surface area contributed by atoms with Gasteiger partial charge in [-0.3, -0.25) is 10.4 Å². The molecule has 0 fully saturated rings. The number of pyridine rings is 1. The van der Waals surface area contributed by atoms with Crippen molar-refractivity contribution < 1.29 is 26.3 Å². The molecule has 0 saturated carbocycles. The van der Waals surface area contributed by atoms with Gasteiger partial charge in [0.1, 0.15) is 0 Å². The number of nitrogens with one attached hydrogen (secondary N) is 1. The zero-order valence-electron chi connectivity index (χ0n) is 11.8. The molecule has 1 heterocycles. The maximum absolute atomic E-state index is 7.72. The van der Waals surface area contributed by atoms with Crippen molar-refractivity contribution in [1.82, 2.24) is 10.4 Å². The monoisotopic (exact) mass is 363 g/mol. The summed E-state index contributed by atoms with van der Waals surface area (Å²) in [4.78, 5) is 3.78. The number of hydrogen-bond donors (Lipinski definition) is 2. The maximum Gasteiger partial charge on any atom is 2.00 e. The number of nitrogens with zero attached hydrogens (tertiary/aromatic N) is 2. The van der Waals surface area contributed by atoms with Crippen LogP contribution in [-0.4, -0.2) is 28.5 Å². The third-order valence-electron chi connectivity index (χ3n) is 2.22. The Hall–Kier alpha value is -2.18. The van der Waals surface area contributed by atoms with Crippen LogP contribution in [0, 0.1) is 0 Å². The third-order valence-corrected chi connectivity index (χ3v) is 2.31. The molecule has 0 bridgehead atoms. The molecule has 2 rings (SSSR count). The second-order valence-electron chi connectivity index (χ2n) is 3.68. The van der Waals surface area contributed by atoms with Gasteiger partial charge in [0.2, 0.25) is 5.75 Å². The van der Waals surface area contributed by atoms with Crippen molar-refractivity contribution in [2.45, 2.75) is 0 Å². The molecule has 118 valence electrons. The number of hydrogen-bond acceptors (Lipinski definition) is 4. The summed E-state index contributed by atoms with van der Waals surface area (Å²) in [5.74, 6) is 0.766. The average Bonchev–Trinajstić information content (AvgIpc) is 2.51. The number of benzene rings is 1. The van der Waals surface area contributed by atoms with Gasteiger partial charge in [-0.2, -0.15) is 5.10 Å². The minimum atomic E-state index is 0. The first-order valence-electron chi connectivity index (χ1n) is 5.97. The Morgan fingerprint density at radius 1 is 1.32 bits per heavy atom. The molecule has 0 unspecified atom stereocenters. The largest absolute Gasteiger partial charge is 2.00 e. The van der Waals surface area contributed by atoms with Gasteiger partial charge in [-0.1, -0.05) is 12.1 Å². The van der Waals surface area contributed by atoms with Gasteiger partial charge < -0.3 is 15.6 Å². The topological polar surface area (TPSA) is 95.4 Å². The molecule has 0 atom stereocenters. The van der Waals surface area contributed by atoms with E-state index in [1.54, 1.807) is 30.6 Å². The first-order chi connectivity index (χ1) is 10.1. The van der Waals surface area contributed by atoms with Crippen LogP contribution in [0.15, 0.2) is 53.9 Å². The van der Waals surface area contributed by atoms with E-state index >= 15 is 0 Å². The predicted octanol–water partition coefficient (Wildman–Crippen LogP) is 1.38. The van der Waals surface area contributed by atoms with Crippen LogP contribution >= 0.6 is 12.2 Å². The van der Waals surface area contributed by atoms with Gasteiger partial charge in [0, 0.05) is 12.4 Å². The van der Waals surface area contributed by atoms with Crippen LogP contribution in [0.25, 0.3) is 0 Å². The van der Waals surface area contributed by atoms with E-state index in [9.17, 15) is 0 Å². The molecule has 0 saturated heterocycles. The number of nitrogens with two attached hydrogens (primary N) is 1. The summed E-state index contributed by atoms with van der Waals surface area (Å²) in [6.45, 7) is 0. The SMILES string of the molecule is COc1cccc(C=NNC(N)=S)c1[OH2+].[Ni+2].c1ccncc1. The molecule has 0 amide bonds. The molecule has 0 aliphatic heterocycles. The molecule has 0 spiro atoms. The van der Waals surface area contributed by atoms with Gasteiger partial charge in [0.05, 0.1) is 18.9 Å². The van der Waals surface area contributed by atoms with E-state index in [4.69, 9.17) is 15.6 Å². The summed E-state index contributed by atoms with van der Waals surface area (Å²) >= 11 is 4.57. The molecule has 8 heteroatoms. The Morgan fingerprint density at radius 2 is 2.00 bits per heavy atom. The zero-order valence-corrected chi connectivity index (χ0v) is 13.6. The zero-order chi connectivity index (χ0) is 15.5. The fourth-order valence-electron chi connectivity index (χ4n) is 1.30. The molecular weight excluding hydrogens is 347 g/mol. The van der Waals surface area contributed by atoms with Crippen molar-refractivity contribution in [3.05, 3.63) is 54.4 Å². The van der Waals surface area contributed by atoms with Crippen molar-refractivity contribution >= 4 is 23.5 Å². The maximum atomic E-state index is 7.72. The van der Waals surface area contributed by atoms with Gasteiger partial charge in [-0.25, -0.2) is 0 Å². The second kappa shape index (κ2) is 11.5. The summed E-state index contributed by atoms with van der Waals surface area (Å²) in [5.41, 5.74) is 8.22. The number of rotatable bonds is 3. The van der Waals surface area contributed by atoms with Gasteiger partial charge in [0.15, 0.2) is 5.11 Å². The summed E-state index contributed by atoms with van der Waals surface area (Å²) < 4.78 is 4.99. The van der Waals surface area contributed by atoms with Crippen LogP contribution in [0.2, 0.25) is 0 Å². The molecule has 0 aliphatic carbocycles. The summed E-state index contributed by atoms with van der Waals surface area (Å²) in [5, 5.41) is 11.6. The Bertz CT molecular complexity index is 570. The van der Waals surface area contributed by atoms with Crippen LogP contribution in [0.5, 0.6) is 11.5 Å². The Labute approximate surface area is 144 Å². The number of aromatic nitrogens is 1. The van der Waals surface area contributed by atoms with Gasteiger partial charge >= 0.3 is 22.2 Å². The second-order valence-corrected chi connectivity index (χ2v) is 4.12. The number of ether oxygens (including phenoxy) is 1. The third kappa shape index (κ3) is 7.56. The molecule has 22 heavy (non-hydrogen) atoms. The first-order valence-corrected chi connectivity index (χ1v) is 6.38. The van der Waals surface area contributed by atoms with Crippen LogP contribution in [0.1, 0.15) is 5.56 Å². The molecule has 1 aromatic carbocycles. The molecular formula is C14H17N4NiO2S+3. The molecule has 6 nitrogen and oxygen atoms in total. The minimum Gasteiger partial charge on any atom is -0.590 e. The first kappa shape index (κ1) is 19.8. The molecule has 1 aromatic heterocycles. The Balaban J connectivity index is 0.000000529. The van der Waals surface area contributed by atoms with Crippen LogP contribution < -0.4 is 15.9 Å². The number of methoxy groups -OCH3 is 1. The Morgan fingerprint density at radius 3 is 2.45 bits per heavy atom. The quantitative estimate of drug-likeness (QED) is 0.282. The van der Waals surface area contributed by atoms with E-state index in [0.29, 0.717) is 11.3 Å². The summed E-state index contributed by atoms with van der Waals surface area (Å²) in [6, 6.07) is 10.9. The van der Waals surface area contributed by atoms with Crippen molar-refractivity contribution in [3.8, 4) is 11.5 Å².